The summed E-state index contributed by atoms with van der Waals surface area (Å²) in [6, 6.07) is 6.11. The molecular weight excluding hydrogens is 321 g/mol. The molecule has 2 N–H and O–H groups in total. The lowest BCUT2D eigenvalue weighted by Crippen LogP contribution is -2.33. The topological polar surface area (TPSA) is 56.3 Å². The Balaban J connectivity index is 2.01. The van der Waals surface area contributed by atoms with Gasteiger partial charge in [0.05, 0.1) is 17.7 Å². The highest BCUT2D eigenvalue weighted by Gasteiger charge is 2.41. The minimum atomic E-state index is -4.51. The Kier molecular flexibility index (Phi) is 4.13. The van der Waals surface area contributed by atoms with Gasteiger partial charge in [-0.25, -0.2) is 0 Å². The average Bonchev–Trinajstić information content (AvgIpc) is 3.11. The molecule has 0 spiro atoms. The Morgan fingerprint density at radius 2 is 2.00 bits per heavy atom. The number of β-amino-alcohol motifs (C(OH)–C–C–N with tert-alkyl or cyclic N) is 1. The second-order valence-corrected chi connectivity index (χ2v) is 5.98. The van der Waals surface area contributed by atoms with E-state index in [1.165, 1.54) is 23.1 Å². The third kappa shape index (κ3) is 2.91. The zero-order valence-electron chi connectivity index (χ0n) is 13.0. The van der Waals surface area contributed by atoms with Gasteiger partial charge in [-0.3, -0.25) is 4.79 Å². The van der Waals surface area contributed by atoms with Gasteiger partial charge in [0.1, 0.15) is 5.69 Å². The molecule has 128 valence electrons. The fourth-order valence-corrected chi connectivity index (χ4v) is 3.20. The molecule has 0 radical (unpaired) electrons. The smallest absolute Gasteiger partial charge is 0.391 e. The van der Waals surface area contributed by atoms with Crippen molar-refractivity contribution in [3.05, 3.63) is 58.9 Å². The SMILES string of the molecule is Cc1cc[nH]c1C(=O)N1C[C@@H](O)C[C@@H]1c1ccccc1C(F)(F)F. The van der Waals surface area contributed by atoms with Crippen molar-refractivity contribution < 1.29 is 23.1 Å². The van der Waals surface area contributed by atoms with Crippen LogP contribution in [0.4, 0.5) is 13.2 Å². The van der Waals surface area contributed by atoms with Gasteiger partial charge in [-0.1, -0.05) is 18.2 Å². The van der Waals surface area contributed by atoms with E-state index in [4.69, 9.17) is 0 Å². The number of aryl methyl sites for hydroxylation is 1. The van der Waals surface area contributed by atoms with Crippen molar-refractivity contribution >= 4 is 5.91 Å². The molecule has 0 aliphatic carbocycles. The number of halogens is 3. The van der Waals surface area contributed by atoms with Gasteiger partial charge in [-0.05, 0) is 36.6 Å². The van der Waals surface area contributed by atoms with Crippen molar-refractivity contribution in [2.24, 2.45) is 0 Å². The summed E-state index contributed by atoms with van der Waals surface area (Å²) in [5.41, 5.74) is 0.284. The standard InChI is InChI=1S/C17H17F3N2O2/c1-10-6-7-21-15(10)16(24)22-9-11(23)8-14(22)12-4-2-3-5-13(12)17(18,19)20/h2-7,11,14,21,23H,8-9H2,1H3/t11-,14+/m0/s1. The van der Waals surface area contributed by atoms with Crippen LogP contribution in [0.25, 0.3) is 0 Å². The number of likely N-dealkylation sites (tertiary alicyclic amines) is 1. The zero-order chi connectivity index (χ0) is 17.5. The van der Waals surface area contributed by atoms with E-state index in [0.29, 0.717) is 11.3 Å². The first kappa shape index (κ1) is 16.6. The molecule has 1 aromatic carbocycles. The summed E-state index contributed by atoms with van der Waals surface area (Å²) in [6.07, 6.45) is -3.68. The molecule has 1 fully saturated rings. The first-order chi connectivity index (χ1) is 11.3. The van der Waals surface area contributed by atoms with Crippen molar-refractivity contribution in [2.75, 3.05) is 6.54 Å². The van der Waals surface area contributed by atoms with Crippen LogP contribution in [0.3, 0.4) is 0 Å². The number of nitrogens with zero attached hydrogens (tertiary/aromatic N) is 1. The number of hydrogen-bond donors (Lipinski definition) is 2. The van der Waals surface area contributed by atoms with Crippen molar-refractivity contribution in [3.63, 3.8) is 0 Å². The molecule has 0 bridgehead atoms. The molecule has 0 saturated carbocycles. The largest absolute Gasteiger partial charge is 0.416 e. The van der Waals surface area contributed by atoms with E-state index in [1.807, 2.05) is 0 Å². The quantitative estimate of drug-likeness (QED) is 0.883. The van der Waals surface area contributed by atoms with Crippen molar-refractivity contribution in [1.82, 2.24) is 9.88 Å². The van der Waals surface area contributed by atoms with Crippen LogP contribution in [0.5, 0.6) is 0 Å². The lowest BCUT2D eigenvalue weighted by molar-refractivity contribution is -0.138. The summed E-state index contributed by atoms with van der Waals surface area (Å²) in [7, 11) is 0. The van der Waals surface area contributed by atoms with Gasteiger partial charge < -0.3 is 15.0 Å². The van der Waals surface area contributed by atoms with Crippen LogP contribution in [0.2, 0.25) is 0 Å². The summed E-state index contributed by atoms with van der Waals surface area (Å²) >= 11 is 0. The molecule has 1 aliphatic rings. The number of rotatable bonds is 2. The van der Waals surface area contributed by atoms with E-state index >= 15 is 0 Å². The zero-order valence-corrected chi connectivity index (χ0v) is 13.0. The van der Waals surface area contributed by atoms with Crippen LogP contribution >= 0.6 is 0 Å². The highest BCUT2D eigenvalue weighted by Crippen LogP contribution is 2.40. The first-order valence-corrected chi connectivity index (χ1v) is 7.58. The highest BCUT2D eigenvalue weighted by molar-refractivity contribution is 5.94. The van der Waals surface area contributed by atoms with Crippen molar-refractivity contribution in [1.29, 1.82) is 0 Å². The highest BCUT2D eigenvalue weighted by atomic mass is 19.4. The maximum Gasteiger partial charge on any atom is 0.416 e. The van der Waals surface area contributed by atoms with E-state index in [9.17, 15) is 23.1 Å². The van der Waals surface area contributed by atoms with Crippen LogP contribution in [-0.2, 0) is 6.18 Å². The molecule has 2 atom stereocenters. The number of alkyl halides is 3. The molecule has 4 nitrogen and oxygen atoms in total. The number of carbonyl (C=O) groups is 1. The molecule has 24 heavy (non-hydrogen) atoms. The maximum absolute atomic E-state index is 13.3. The molecule has 1 aliphatic heterocycles. The molecule has 3 rings (SSSR count). The number of benzene rings is 1. The van der Waals surface area contributed by atoms with Gasteiger partial charge in [0.2, 0.25) is 0 Å². The summed E-state index contributed by atoms with van der Waals surface area (Å²) in [6.45, 7) is 1.75. The predicted molar refractivity (Wildman–Crippen MR) is 81.4 cm³/mol. The maximum atomic E-state index is 13.3. The number of aliphatic hydroxyl groups excluding tert-OH is 1. The fourth-order valence-electron chi connectivity index (χ4n) is 3.20. The molecule has 1 aromatic heterocycles. The van der Waals surface area contributed by atoms with Gasteiger partial charge in [-0.15, -0.1) is 0 Å². The monoisotopic (exact) mass is 338 g/mol. The number of aliphatic hydroxyl groups is 1. The second-order valence-electron chi connectivity index (χ2n) is 5.98. The minimum Gasteiger partial charge on any atom is -0.391 e. The van der Waals surface area contributed by atoms with Gasteiger partial charge in [0.25, 0.3) is 5.91 Å². The Hall–Kier alpha value is -2.28. The van der Waals surface area contributed by atoms with E-state index < -0.39 is 29.8 Å². The summed E-state index contributed by atoms with van der Waals surface area (Å²) in [4.78, 5) is 16.9. The van der Waals surface area contributed by atoms with Crippen LogP contribution in [-0.4, -0.2) is 33.5 Å². The van der Waals surface area contributed by atoms with Crippen molar-refractivity contribution in [3.8, 4) is 0 Å². The Bertz CT molecular complexity index is 754. The first-order valence-electron chi connectivity index (χ1n) is 7.58. The summed E-state index contributed by atoms with van der Waals surface area (Å²) < 4.78 is 39.9. The molecule has 7 heteroatoms. The van der Waals surface area contributed by atoms with E-state index in [0.717, 1.165) is 6.07 Å². The normalized spacial score (nSPS) is 21.3. The molecule has 2 aromatic rings. The summed E-state index contributed by atoms with van der Waals surface area (Å²) in [5, 5.41) is 9.96. The molecule has 1 amide bonds. The molecular formula is C17H17F3N2O2. The third-order valence-corrected chi connectivity index (χ3v) is 4.33. The van der Waals surface area contributed by atoms with E-state index in [-0.39, 0.29) is 18.5 Å². The van der Waals surface area contributed by atoms with E-state index in [1.54, 1.807) is 19.2 Å². The third-order valence-electron chi connectivity index (χ3n) is 4.33. The Labute approximate surface area is 136 Å². The number of nitrogens with one attached hydrogen (secondary N) is 1. The average molecular weight is 338 g/mol. The van der Waals surface area contributed by atoms with Crippen molar-refractivity contribution in [2.45, 2.75) is 31.7 Å². The number of aromatic nitrogens is 1. The molecule has 2 heterocycles. The van der Waals surface area contributed by atoms with Gasteiger partial charge >= 0.3 is 6.18 Å². The number of H-pyrrole nitrogens is 1. The van der Waals surface area contributed by atoms with Gasteiger partial charge in [0, 0.05) is 12.7 Å². The van der Waals surface area contributed by atoms with Crippen LogP contribution in [0.15, 0.2) is 36.5 Å². The molecule has 0 unspecified atom stereocenters. The van der Waals surface area contributed by atoms with Gasteiger partial charge in [0.15, 0.2) is 0 Å². The number of amides is 1. The van der Waals surface area contributed by atoms with Crippen LogP contribution < -0.4 is 0 Å². The minimum absolute atomic E-state index is 0.00809. The van der Waals surface area contributed by atoms with Gasteiger partial charge in [-0.2, -0.15) is 13.2 Å². The Morgan fingerprint density at radius 1 is 1.29 bits per heavy atom. The fraction of sp³-hybridized carbons (Fsp3) is 0.353. The summed E-state index contributed by atoms with van der Waals surface area (Å²) in [5.74, 6) is -0.406. The lowest BCUT2D eigenvalue weighted by Gasteiger charge is -2.27. The number of aromatic amines is 1. The number of carbonyl (C=O) groups excluding carboxylic acids is 1. The number of hydrogen-bond acceptors (Lipinski definition) is 2. The van der Waals surface area contributed by atoms with E-state index in [2.05, 4.69) is 4.98 Å². The van der Waals surface area contributed by atoms with Crippen LogP contribution in [0.1, 0.15) is 39.6 Å². The van der Waals surface area contributed by atoms with Crippen LogP contribution in [0, 0.1) is 6.92 Å². The second kappa shape index (κ2) is 5.98. The predicted octanol–water partition coefficient (Wildman–Crippen LogP) is 3.29. The Morgan fingerprint density at radius 3 is 2.62 bits per heavy atom. The molecule has 1 saturated heterocycles. The lowest BCUT2D eigenvalue weighted by atomic mass is 9.97.